The minimum absolute atomic E-state index is 0.281. The first-order chi connectivity index (χ1) is 13.1. The second-order valence-corrected chi connectivity index (χ2v) is 5.54. The highest BCUT2D eigenvalue weighted by atomic mass is 15.4. The van der Waals surface area contributed by atoms with Crippen LogP contribution in [0.4, 0.5) is 17.5 Å². The van der Waals surface area contributed by atoms with Gasteiger partial charge >= 0.3 is 0 Å². The van der Waals surface area contributed by atoms with Crippen LogP contribution in [-0.4, -0.2) is 39.5 Å². The molecule has 0 saturated heterocycles. The SMILES string of the molecule is Cc1nc(N=Nc2c(C)nn(-c3ncccn3)c2N)n(-c2ccccn2)n1. The molecule has 0 fully saturated rings. The molecule has 0 aliphatic rings. The van der Waals surface area contributed by atoms with E-state index in [0.717, 1.165) is 0 Å². The maximum absolute atomic E-state index is 6.17. The van der Waals surface area contributed by atoms with E-state index in [2.05, 4.69) is 40.4 Å². The molecule has 0 spiro atoms. The molecular formula is C16H15N11. The Labute approximate surface area is 153 Å². The van der Waals surface area contributed by atoms with Crippen molar-refractivity contribution in [1.82, 2.24) is 39.5 Å². The largest absolute Gasteiger partial charge is 0.382 e. The summed E-state index contributed by atoms with van der Waals surface area (Å²) in [4.78, 5) is 16.8. The average molecular weight is 361 g/mol. The number of pyridine rings is 1. The van der Waals surface area contributed by atoms with Crippen molar-refractivity contribution in [3.63, 3.8) is 0 Å². The molecule has 11 heteroatoms. The summed E-state index contributed by atoms with van der Waals surface area (Å²) in [6.07, 6.45) is 4.88. The minimum Gasteiger partial charge on any atom is -0.382 e. The third kappa shape index (κ3) is 3.13. The van der Waals surface area contributed by atoms with Crippen LogP contribution in [0.2, 0.25) is 0 Å². The first kappa shape index (κ1) is 16.4. The van der Waals surface area contributed by atoms with Crippen molar-refractivity contribution < 1.29 is 0 Å². The number of nitrogens with two attached hydrogens (primary N) is 1. The van der Waals surface area contributed by atoms with Crippen molar-refractivity contribution >= 4 is 17.5 Å². The molecular weight excluding hydrogens is 346 g/mol. The zero-order chi connectivity index (χ0) is 18.8. The highest BCUT2D eigenvalue weighted by molar-refractivity contribution is 5.62. The van der Waals surface area contributed by atoms with Gasteiger partial charge in [0.2, 0.25) is 0 Å². The molecule has 4 rings (SSSR count). The molecule has 0 saturated carbocycles. The van der Waals surface area contributed by atoms with Gasteiger partial charge in [-0.2, -0.15) is 19.4 Å². The molecule has 2 N–H and O–H groups in total. The van der Waals surface area contributed by atoms with Gasteiger partial charge in [0.05, 0.1) is 5.69 Å². The highest BCUT2D eigenvalue weighted by Gasteiger charge is 2.16. The molecule has 0 aromatic carbocycles. The lowest BCUT2D eigenvalue weighted by atomic mass is 10.4. The lowest BCUT2D eigenvalue weighted by Crippen LogP contribution is -2.05. The minimum atomic E-state index is 0.281. The van der Waals surface area contributed by atoms with Crippen LogP contribution in [-0.2, 0) is 0 Å². The summed E-state index contributed by atoms with van der Waals surface area (Å²) in [5.74, 6) is 2.06. The van der Waals surface area contributed by atoms with Gasteiger partial charge in [-0.15, -0.1) is 15.3 Å². The van der Waals surface area contributed by atoms with E-state index in [-0.39, 0.29) is 11.8 Å². The summed E-state index contributed by atoms with van der Waals surface area (Å²) in [6.45, 7) is 3.54. The van der Waals surface area contributed by atoms with Crippen molar-refractivity contribution in [3.05, 3.63) is 54.4 Å². The first-order valence-corrected chi connectivity index (χ1v) is 8.03. The van der Waals surface area contributed by atoms with E-state index in [1.165, 1.54) is 9.36 Å². The van der Waals surface area contributed by atoms with E-state index >= 15 is 0 Å². The van der Waals surface area contributed by atoms with Crippen molar-refractivity contribution in [1.29, 1.82) is 0 Å². The van der Waals surface area contributed by atoms with Gasteiger partial charge in [0.1, 0.15) is 5.82 Å². The van der Waals surface area contributed by atoms with Crippen LogP contribution < -0.4 is 5.73 Å². The Morgan fingerprint density at radius 1 is 0.889 bits per heavy atom. The smallest absolute Gasteiger partial charge is 0.273 e. The predicted octanol–water partition coefficient (Wildman–Crippen LogP) is 2.25. The van der Waals surface area contributed by atoms with Gasteiger partial charge in [0.25, 0.3) is 11.9 Å². The standard InChI is InChI=1S/C16H15N11/c1-10-13(14(17)27(24-10)15-19-8-5-9-20-15)22-23-16-21-11(2)25-26(16)12-6-3-4-7-18-12/h3-9H,17H2,1-2H3. The second-order valence-electron chi connectivity index (χ2n) is 5.54. The van der Waals surface area contributed by atoms with E-state index in [0.29, 0.717) is 29.0 Å². The van der Waals surface area contributed by atoms with Gasteiger partial charge in [0, 0.05) is 18.6 Å². The average Bonchev–Trinajstić information content (AvgIpc) is 3.21. The molecule has 0 aliphatic carbocycles. The maximum atomic E-state index is 6.17. The monoisotopic (exact) mass is 361 g/mol. The summed E-state index contributed by atoms with van der Waals surface area (Å²) in [7, 11) is 0. The van der Waals surface area contributed by atoms with Gasteiger partial charge in [-0.05, 0) is 32.0 Å². The molecule has 4 aromatic heterocycles. The van der Waals surface area contributed by atoms with E-state index < -0.39 is 0 Å². The summed E-state index contributed by atoms with van der Waals surface area (Å²) >= 11 is 0. The molecule has 134 valence electrons. The van der Waals surface area contributed by atoms with Crippen LogP contribution in [0.1, 0.15) is 11.5 Å². The summed E-state index contributed by atoms with van der Waals surface area (Å²) in [6, 6.07) is 7.19. The number of azo groups is 1. The van der Waals surface area contributed by atoms with Crippen LogP contribution in [0.25, 0.3) is 11.8 Å². The third-order valence-corrected chi connectivity index (χ3v) is 3.61. The Bertz CT molecular complexity index is 1100. The Morgan fingerprint density at radius 2 is 1.67 bits per heavy atom. The number of rotatable bonds is 4. The number of nitrogens with zero attached hydrogens (tertiary/aromatic N) is 10. The maximum Gasteiger partial charge on any atom is 0.273 e. The molecule has 0 aliphatic heterocycles. The molecule has 0 radical (unpaired) electrons. The molecule has 27 heavy (non-hydrogen) atoms. The van der Waals surface area contributed by atoms with Crippen LogP contribution >= 0.6 is 0 Å². The van der Waals surface area contributed by atoms with Gasteiger partial charge < -0.3 is 5.73 Å². The second kappa shape index (κ2) is 6.71. The first-order valence-electron chi connectivity index (χ1n) is 8.03. The van der Waals surface area contributed by atoms with Gasteiger partial charge in [-0.25, -0.2) is 15.0 Å². The van der Waals surface area contributed by atoms with Crippen LogP contribution in [0.5, 0.6) is 0 Å². The van der Waals surface area contributed by atoms with Crippen LogP contribution in [0.3, 0.4) is 0 Å². The Hall–Kier alpha value is -4.02. The Kier molecular flexibility index (Phi) is 4.09. The van der Waals surface area contributed by atoms with Gasteiger partial charge in [-0.3, -0.25) is 0 Å². The number of hydrogen-bond acceptors (Lipinski definition) is 9. The van der Waals surface area contributed by atoms with E-state index in [4.69, 9.17) is 5.73 Å². The van der Waals surface area contributed by atoms with Crippen molar-refractivity contribution in [2.24, 2.45) is 10.2 Å². The normalized spacial score (nSPS) is 11.3. The van der Waals surface area contributed by atoms with Crippen molar-refractivity contribution in [2.45, 2.75) is 13.8 Å². The Morgan fingerprint density at radius 3 is 2.41 bits per heavy atom. The number of anilines is 1. The molecule has 0 amide bonds. The van der Waals surface area contributed by atoms with E-state index in [1.54, 1.807) is 44.6 Å². The fourth-order valence-electron chi connectivity index (χ4n) is 2.41. The topological polar surface area (TPSA) is 138 Å². The van der Waals surface area contributed by atoms with Gasteiger partial charge in [-0.1, -0.05) is 6.07 Å². The zero-order valence-electron chi connectivity index (χ0n) is 14.6. The van der Waals surface area contributed by atoms with Crippen LogP contribution in [0, 0.1) is 13.8 Å². The zero-order valence-corrected chi connectivity index (χ0v) is 14.6. The van der Waals surface area contributed by atoms with Crippen LogP contribution in [0.15, 0.2) is 53.1 Å². The summed E-state index contributed by atoms with van der Waals surface area (Å²) in [5.41, 5.74) is 7.17. The van der Waals surface area contributed by atoms with Crippen molar-refractivity contribution in [2.75, 3.05) is 5.73 Å². The van der Waals surface area contributed by atoms with E-state index in [1.807, 2.05) is 12.1 Å². The Balaban J connectivity index is 1.72. The fourth-order valence-corrected chi connectivity index (χ4v) is 2.41. The number of hydrogen-bond donors (Lipinski definition) is 1. The van der Waals surface area contributed by atoms with Crippen molar-refractivity contribution in [3.8, 4) is 11.8 Å². The molecule has 4 aromatic rings. The lowest BCUT2D eigenvalue weighted by Gasteiger charge is -2.00. The fraction of sp³-hybridized carbons (Fsp3) is 0.125. The quantitative estimate of drug-likeness (QED) is 0.550. The molecule has 11 nitrogen and oxygen atoms in total. The number of aromatic nitrogens is 8. The molecule has 0 atom stereocenters. The number of nitrogen functional groups attached to an aromatic ring is 1. The highest BCUT2D eigenvalue weighted by Crippen LogP contribution is 2.29. The van der Waals surface area contributed by atoms with Gasteiger partial charge in [0.15, 0.2) is 17.3 Å². The number of aryl methyl sites for hydroxylation is 2. The summed E-state index contributed by atoms with van der Waals surface area (Å²) < 4.78 is 2.92. The molecule has 4 heterocycles. The summed E-state index contributed by atoms with van der Waals surface area (Å²) in [5, 5.41) is 17.1. The molecule has 0 unspecified atom stereocenters. The third-order valence-electron chi connectivity index (χ3n) is 3.61. The van der Waals surface area contributed by atoms with E-state index in [9.17, 15) is 0 Å². The lowest BCUT2D eigenvalue weighted by molar-refractivity contribution is 0.805. The molecule has 0 bridgehead atoms. The predicted molar refractivity (Wildman–Crippen MR) is 96.4 cm³/mol.